The number of fused-ring (bicyclic) bond motifs is 1. The van der Waals surface area contributed by atoms with Crippen LogP contribution >= 0.6 is 15.9 Å². The van der Waals surface area contributed by atoms with Gasteiger partial charge < -0.3 is 15.6 Å². The zero-order valence-corrected chi connectivity index (χ0v) is 12.4. The number of aromatic nitrogens is 4. The number of nitrogens with zero attached hydrogens (tertiary/aromatic N) is 4. The third kappa shape index (κ3) is 2.70. The van der Waals surface area contributed by atoms with E-state index in [1.807, 2.05) is 24.3 Å². The van der Waals surface area contributed by atoms with Crippen LogP contribution in [0.3, 0.4) is 0 Å². The fraction of sp³-hybridized carbons (Fsp3) is 0.0769. The fourth-order valence-corrected chi connectivity index (χ4v) is 2.31. The number of imidazole rings is 1. The molecule has 106 valence electrons. The summed E-state index contributed by atoms with van der Waals surface area (Å²) in [4.78, 5) is 24.2. The van der Waals surface area contributed by atoms with E-state index in [0.29, 0.717) is 22.7 Å². The Bertz CT molecular complexity index is 815. The predicted octanol–water partition coefficient (Wildman–Crippen LogP) is 1.81. The number of nitrogen functional groups attached to an aromatic ring is 1. The summed E-state index contributed by atoms with van der Waals surface area (Å²) in [7, 11) is 0. The Labute approximate surface area is 128 Å². The van der Waals surface area contributed by atoms with Crippen molar-refractivity contribution in [3.63, 3.8) is 0 Å². The lowest BCUT2D eigenvalue weighted by Gasteiger charge is -2.08. The number of nitrogens with one attached hydrogen (secondary N) is 1. The summed E-state index contributed by atoms with van der Waals surface area (Å²) in [6, 6.07) is 7.40. The summed E-state index contributed by atoms with van der Waals surface area (Å²) < 4.78 is 2.44. The molecule has 0 spiro atoms. The molecular weight excluding hydrogens is 336 g/mol. The molecule has 2 heterocycles. The van der Waals surface area contributed by atoms with Crippen LogP contribution in [0.5, 0.6) is 0 Å². The van der Waals surface area contributed by atoms with E-state index in [-0.39, 0.29) is 12.5 Å². The van der Waals surface area contributed by atoms with Gasteiger partial charge >= 0.3 is 0 Å². The standard InChI is InChI=1S/C13H11BrN6O/c14-8-3-1-2-4-9(8)19-10(21)5-20-7-18-11-12(15)16-6-17-13(11)20/h1-4,6-7H,5H2,(H,19,21)(H2,15,16,17). The summed E-state index contributed by atoms with van der Waals surface area (Å²) >= 11 is 3.38. The summed E-state index contributed by atoms with van der Waals surface area (Å²) in [6.07, 6.45) is 2.87. The maximum atomic E-state index is 12.1. The Kier molecular flexibility index (Phi) is 3.53. The third-order valence-electron chi connectivity index (χ3n) is 2.89. The van der Waals surface area contributed by atoms with Gasteiger partial charge in [-0.1, -0.05) is 12.1 Å². The van der Waals surface area contributed by atoms with Crippen LogP contribution in [0.25, 0.3) is 11.2 Å². The van der Waals surface area contributed by atoms with E-state index in [1.165, 1.54) is 12.7 Å². The average Bonchev–Trinajstić information content (AvgIpc) is 2.86. The summed E-state index contributed by atoms with van der Waals surface area (Å²) in [6.45, 7) is 0.0916. The van der Waals surface area contributed by atoms with Gasteiger partial charge in [0.15, 0.2) is 11.5 Å². The molecule has 21 heavy (non-hydrogen) atoms. The smallest absolute Gasteiger partial charge is 0.244 e. The van der Waals surface area contributed by atoms with E-state index in [4.69, 9.17) is 5.73 Å². The highest BCUT2D eigenvalue weighted by Gasteiger charge is 2.11. The van der Waals surface area contributed by atoms with Gasteiger partial charge in [0.2, 0.25) is 5.91 Å². The molecule has 2 aromatic heterocycles. The average molecular weight is 347 g/mol. The molecule has 0 aliphatic carbocycles. The van der Waals surface area contributed by atoms with Crippen molar-refractivity contribution in [2.75, 3.05) is 11.1 Å². The number of amides is 1. The molecule has 0 saturated heterocycles. The highest BCUT2D eigenvalue weighted by molar-refractivity contribution is 9.10. The molecule has 0 bridgehead atoms. The Morgan fingerprint density at radius 1 is 1.29 bits per heavy atom. The zero-order valence-electron chi connectivity index (χ0n) is 10.8. The van der Waals surface area contributed by atoms with E-state index in [9.17, 15) is 4.79 Å². The number of nitrogens with two attached hydrogens (primary N) is 1. The van der Waals surface area contributed by atoms with Gasteiger partial charge in [0, 0.05) is 4.47 Å². The van der Waals surface area contributed by atoms with E-state index >= 15 is 0 Å². The lowest BCUT2D eigenvalue weighted by Crippen LogP contribution is -2.18. The predicted molar refractivity (Wildman–Crippen MR) is 82.5 cm³/mol. The molecule has 0 fully saturated rings. The van der Waals surface area contributed by atoms with Crippen LogP contribution in [0.4, 0.5) is 11.5 Å². The number of halogens is 1. The van der Waals surface area contributed by atoms with Crippen molar-refractivity contribution in [3.05, 3.63) is 41.4 Å². The highest BCUT2D eigenvalue weighted by Crippen LogP contribution is 2.21. The van der Waals surface area contributed by atoms with Gasteiger partial charge in [0.25, 0.3) is 0 Å². The second-order valence-electron chi connectivity index (χ2n) is 4.33. The largest absolute Gasteiger partial charge is 0.382 e. The Balaban J connectivity index is 1.81. The lowest BCUT2D eigenvalue weighted by molar-refractivity contribution is -0.116. The second kappa shape index (κ2) is 5.49. The third-order valence-corrected chi connectivity index (χ3v) is 3.58. The molecule has 8 heteroatoms. The molecule has 1 aromatic carbocycles. The summed E-state index contributed by atoms with van der Waals surface area (Å²) in [5, 5.41) is 2.82. The molecule has 3 aromatic rings. The van der Waals surface area contributed by atoms with Gasteiger partial charge in [0.05, 0.1) is 12.0 Å². The van der Waals surface area contributed by atoms with Crippen LogP contribution in [-0.4, -0.2) is 25.4 Å². The monoisotopic (exact) mass is 346 g/mol. The van der Waals surface area contributed by atoms with Crippen molar-refractivity contribution < 1.29 is 4.79 Å². The van der Waals surface area contributed by atoms with Crippen molar-refractivity contribution in [3.8, 4) is 0 Å². The van der Waals surface area contributed by atoms with E-state index in [2.05, 4.69) is 36.2 Å². The van der Waals surface area contributed by atoms with Gasteiger partial charge in [-0.15, -0.1) is 0 Å². The fourth-order valence-electron chi connectivity index (χ4n) is 1.92. The van der Waals surface area contributed by atoms with Crippen LogP contribution in [0.2, 0.25) is 0 Å². The van der Waals surface area contributed by atoms with Gasteiger partial charge in [0.1, 0.15) is 18.4 Å². The first kappa shape index (κ1) is 13.5. The van der Waals surface area contributed by atoms with Gasteiger partial charge in [-0.3, -0.25) is 4.79 Å². The molecule has 0 unspecified atom stereocenters. The number of rotatable bonds is 3. The Hall–Kier alpha value is -2.48. The number of para-hydroxylation sites is 1. The minimum atomic E-state index is -0.182. The number of benzene rings is 1. The number of carbonyl (C=O) groups is 1. The maximum Gasteiger partial charge on any atom is 0.244 e. The van der Waals surface area contributed by atoms with Crippen molar-refractivity contribution in [1.82, 2.24) is 19.5 Å². The minimum Gasteiger partial charge on any atom is -0.382 e. The summed E-state index contributed by atoms with van der Waals surface area (Å²) in [5.41, 5.74) is 7.44. The molecule has 0 aliphatic heterocycles. The van der Waals surface area contributed by atoms with E-state index < -0.39 is 0 Å². The number of hydrogen-bond donors (Lipinski definition) is 2. The number of anilines is 2. The molecule has 1 amide bonds. The van der Waals surface area contributed by atoms with Crippen LogP contribution in [0, 0.1) is 0 Å². The second-order valence-corrected chi connectivity index (χ2v) is 5.19. The molecule has 3 N–H and O–H groups in total. The van der Waals surface area contributed by atoms with E-state index in [0.717, 1.165) is 4.47 Å². The topological polar surface area (TPSA) is 98.7 Å². The minimum absolute atomic E-state index is 0.0916. The molecule has 0 aliphatic rings. The summed E-state index contributed by atoms with van der Waals surface area (Å²) in [5.74, 6) is 0.114. The van der Waals surface area contributed by atoms with Crippen molar-refractivity contribution in [2.45, 2.75) is 6.54 Å². The van der Waals surface area contributed by atoms with Crippen molar-refractivity contribution in [2.24, 2.45) is 0 Å². The Morgan fingerprint density at radius 3 is 2.90 bits per heavy atom. The molecule has 0 atom stereocenters. The van der Waals surface area contributed by atoms with E-state index in [1.54, 1.807) is 4.57 Å². The zero-order chi connectivity index (χ0) is 14.8. The first-order chi connectivity index (χ1) is 10.1. The van der Waals surface area contributed by atoms with Crippen LogP contribution in [0.1, 0.15) is 0 Å². The van der Waals surface area contributed by atoms with Crippen molar-refractivity contribution >= 4 is 44.5 Å². The molecule has 0 saturated carbocycles. The van der Waals surface area contributed by atoms with Gasteiger partial charge in [-0.2, -0.15) is 0 Å². The van der Waals surface area contributed by atoms with Crippen LogP contribution in [0.15, 0.2) is 41.4 Å². The van der Waals surface area contributed by atoms with Crippen LogP contribution < -0.4 is 11.1 Å². The maximum absolute atomic E-state index is 12.1. The lowest BCUT2D eigenvalue weighted by atomic mass is 10.3. The Morgan fingerprint density at radius 2 is 2.10 bits per heavy atom. The van der Waals surface area contributed by atoms with Gasteiger partial charge in [-0.25, -0.2) is 15.0 Å². The van der Waals surface area contributed by atoms with Crippen molar-refractivity contribution in [1.29, 1.82) is 0 Å². The first-order valence-electron chi connectivity index (χ1n) is 6.11. The SMILES string of the molecule is Nc1ncnc2c1ncn2CC(=O)Nc1ccccc1Br. The number of carbonyl (C=O) groups excluding carboxylic acids is 1. The van der Waals surface area contributed by atoms with Crippen LogP contribution in [-0.2, 0) is 11.3 Å². The first-order valence-corrected chi connectivity index (χ1v) is 6.90. The molecular formula is C13H11BrN6O. The molecule has 7 nitrogen and oxygen atoms in total. The molecule has 0 radical (unpaired) electrons. The normalized spacial score (nSPS) is 10.7. The quantitative estimate of drug-likeness (QED) is 0.753. The van der Waals surface area contributed by atoms with Gasteiger partial charge in [-0.05, 0) is 28.1 Å². The highest BCUT2D eigenvalue weighted by atomic mass is 79.9. The molecule has 3 rings (SSSR count). The number of hydrogen-bond acceptors (Lipinski definition) is 5.